The zero-order chi connectivity index (χ0) is 48.6. The molecule has 2 unspecified atom stereocenters. The van der Waals surface area contributed by atoms with E-state index < -0.39 is 35.6 Å². The maximum absolute atomic E-state index is 14.8. The SMILES string of the molecule is CCC(C)[C@H](CC[C@@H](C[C@H](N)[C@@H](CC(=O)[C@H](Cc1c[nH]cn1)N(C)C(=O)[C@H](Cc1ccccc1)NC(=O)C1CCN(C(=O)OC(C)(C)C)C1)CC(C)C)C(C)C)C(=O)NCc1ccccn1. The summed E-state index contributed by atoms with van der Waals surface area (Å²) in [5.41, 5.74) is 8.81. The Labute approximate surface area is 394 Å². The van der Waals surface area contributed by atoms with Crippen molar-refractivity contribution in [3.63, 3.8) is 0 Å². The van der Waals surface area contributed by atoms with E-state index in [9.17, 15) is 24.0 Å². The summed E-state index contributed by atoms with van der Waals surface area (Å²) in [5.74, 6) is -0.654. The number of nitrogens with two attached hydrogens (primary N) is 1. The quantitative estimate of drug-likeness (QED) is 0.0665. The number of benzene rings is 1. The molecule has 3 aromatic rings. The van der Waals surface area contributed by atoms with E-state index in [0.29, 0.717) is 37.5 Å². The molecule has 66 heavy (non-hydrogen) atoms. The molecular formula is C52H80N8O6. The average Bonchev–Trinajstić information content (AvgIpc) is 3.99. The molecule has 5 N–H and O–H groups in total. The Hall–Kier alpha value is -5.11. The van der Waals surface area contributed by atoms with Gasteiger partial charge in [-0.15, -0.1) is 0 Å². The molecule has 1 saturated heterocycles. The van der Waals surface area contributed by atoms with E-state index >= 15 is 0 Å². The Balaban J connectivity index is 1.52. The summed E-state index contributed by atoms with van der Waals surface area (Å²) < 4.78 is 5.55. The molecule has 8 atom stereocenters. The van der Waals surface area contributed by atoms with Crippen molar-refractivity contribution < 1.29 is 28.7 Å². The Bertz CT molecular complexity index is 1950. The fraction of sp³-hybridized carbons (Fsp3) is 0.635. The number of Topliss-reactive ketones (excluding diaryl/α,β-unsaturated/α-hetero) is 1. The van der Waals surface area contributed by atoms with Gasteiger partial charge in [-0.2, -0.15) is 0 Å². The van der Waals surface area contributed by atoms with Gasteiger partial charge in [0.15, 0.2) is 5.78 Å². The summed E-state index contributed by atoms with van der Waals surface area (Å²) in [5, 5.41) is 6.16. The normalized spacial score (nSPS) is 17.3. The molecule has 4 amide bonds. The Morgan fingerprint density at radius 1 is 0.924 bits per heavy atom. The Morgan fingerprint density at radius 3 is 2.24 bits per heavy atom. The largest absolute Gasteiger partial charge is 0.444 e. The number of rotatable bonds is 25. The number of pyridine rings is 1. The number of hydrogen-bond donors (Lipinski definition) is 4. The predicted octanol–water partition coefficient (Wildman–Crippen LogP) is 7.53. The lowest BCUT2D eigenvalue weighted by Crippen LogP contribution is -2.55. The number of H-pyrrole nitrogens is 1. The molecule has 0 bridgehead atoms. The second-order valence-corrected chi connectivity index (χ2v) is 20.5. The van der Waals surface area contributed by atoms with Gasteiger partial charge in [0.25, 0.3) is 0 Å². The fourth-order valence-corrected chi connectivity index (χ4v) is 9.11. The number of ketones is 1. The van der Waals surface area contributed by atoms with E-state index in [1.807, 2.05) is 48.5 Å². The van der Waals surface area contributed by atoms with Crippen molar-refractivity contribution in [3.8, 4) is 0 Å². The zero-order valence-electron chi connectivity index (χ0n) is 41.4. The fourth-order valence-electron chi connectivity index (χ4n) is 9.11. The molecule has 0 aliphatic carbocycles. The second-order valence-electron chi connectivity index (χ2n) is 20.5. The number of carbonyl (C=O) groups excluding carboxylic acids is 5. The molecule has 0 saturated carbocycles. The van der Waals surface area contributed by atoms with Gasteiger partial charge in [-0.25, -0.2) is 9.78 Å². The summed E-state index contributed by atoms with van der Waals surface area (Å²) in [6.45, 7) is 19.3. The van der Waals surface area contributed by atoms with Crippen LogP contribution in [0.5, 0.6) is 0 Å². The van der Waals surface area contributed by atoms with Crippen LogP contribution in [0.15, 0.2) is 67.3 Å². The second kappa shape index (κ2) is 25.7. The molecule has 1 aliphatic rings. The number of aromatic amines is 1. The highest BCUT2D eigenvalue weighted by Gasteiger charge is 2.39. The van der Waals surface area contributed by atoms with Crippen molar-refractivity contribution in [2.75, 3.05) is 20.1 Å². The van der Waals surface area contributed by atoms with Crippen LogP contribution in [0.25, 0.3) is 0 Å². The molecule has 14 heteroatoms. The lowest BCUT2D eigenvalue weighted by Gasteiger charge is -2.34. The minimum Gasteiger partial charge on any atom is -0.444 e. The van der Waals surface area contributed by atoms with Crippen LogP contribution >= 0.6 is 0 Å². The first-order valence-electron chi connectivity index (χ1n) is 24.3. The summed E-state index contributed by atoms with van der Waals surface area (Å²) in [4.78, 5) is 84.7. The van der Waals surface area contributed by atoms with Gasteiger partial charge in [-0.3, -0.25) is 24.2 Å². The predicted molar refractivity (Wildman–Crippen MR) is 259 cm³/mol. The number of aromatic nitrogens is 3. The topological polar surface area (TPSA) is 193 Å². The van der Waals surface area contributed by atoms with Gasteiger partial charge >= 0.3 is 6.09 Å². The number of nitrogens with one attached hydrogen (secondary N) is 3. The van der Waals surface area contributed by atoms with Crippen molar-refractivity contribution in [1.82, 2.24) is 35.4 Å². The van der Waals surface area contributed by atoms with Crippen LogP contribution in [0, 0.1) is 41.4 Å². The molecule has 4 rings (SSSR count). The third-order valence-corrected chi connectivity index (χ3v) is 13.3. The molecule has 364 valence electrons. The Kier molecular flexibility index (Phi) is 20.8. The summed E-state index contributed by atoms with van der Waals surface area (Å²) in [6, 6.07) is 13.0. The number of carbonyl (C=O) groups is 5. The van der Waals surface area contributed by atoms with Gasteiger partial charge < -0.3 is 35.9 Å². The van der Waals surface area contributed by atoms with E-state index in [4.69, 9.17) is 10.5 Å². The minimum atomic E-state index is -0.980. The number of likely N-dealkylation sites (tertiary alicyclic amines) is 1. The van der Waals surface area contributed by atoms with Crippen LogP contribution in [0.2, 0.25) is 0 Å². The molecule has 3 heterocycles. The van der Waals surface area contributed by atoms with Crippen LogP contribution in [-0.4, -0.2) is 98.2 Å². The summed E-state index contributed by atoms with van der Waals surface area (Å²) in [6.07, 6.45) is 9.40. The first-order valence-corrected chi connectivity index (χ1v) is 24.3. The Morgan fingerprint density at radius 2 is 1.64 bits per heavy atom. The number of imidazole rings is 1. The third kappa shape index (κ3) is 17.0. The smallest absolute Gasteiger partial charge is 0.410 e. The molecule has 1 aromatic carbocycles. The van der Waals surface area contributed by atoms with Crippen molar-refractivity contribution in [1.29, 1.82) is 0 Å². The van der Waals surface area contributed by atoms with Crippen LogP contribution < -0.4 is 16.4 Å². The van der Waals surface area contributed by atoms with Crippen molar-refractivity contribution in [3.05, 3.63) is 84.2 Å². The first kappa shape index (κ1) is 53.5. The van der Waals surface area contributed by atoms with Gasteiger partial charge in [-0.1, -0.05) is 84.4 Å². The van der Waals surface area contributed by atoms with Crippen molar-refractivity contribution in [2.24, 2.45) is 47.2 Å². The van der Waals surface area contributed by atoms with Gasteiger partial charge in [-0.05, 0) is 100 Å². The third-order valence-electron chi connectivity index (χ3n) is 13.3. The lowest BCUT2D eigenvalue weighted by atomic mass is 9.76. The molecule has 0 radical (unpaired) electrons. The number of amides is 4. The first-order chi connectivity index (χ1) is 31.3. The number of likely N-dealkylation sites (N-methyl/N-ethyl adjacent to an activating group) is 1. The van der Waals surface area contributed by atoms with Crippen molar-refractivity contribution in [2.45, 2.75) is 150 Å². The maximum Gasteiger partial charge on any atom is 0.410 e. The van der Waals surface area contributed by atoms with Crippen LogP contribution in [-0.2, 0) is 43.3 Å². The van der Waals surface area contributed by atoms with E-state index in [1.54, 1.807) is 46.5 Å². The molecular weight excluding hydrogens is 833 g/mol. The van der Waals surface area contributed by atoms with Crippen LogP contribution in [0.1, 0.15) is 124 Å². The molecule has 1 fully saturated rings. The van der Waals surface area contributed by atoms with E-state index in [2.05, 4.69) is 67.1 Å². The monoisotopic (exact) mass is 913 g/mol. The highest BCUT2D eigenvalue weighted by molar-refractivity contribution is 5.93. The summed E-state index contributed by atoms with van der Waals surface area (Å²) >= 11 is 0. The minimum absolute atomic E-state index is 0.0423. The highest BCUT2D eigenvalue weighted by atomic mass is 16.6. The highest BCUT2D eigenvalue weighted by Crippen LogP contribution is 2.32. The maximum atomic E-state index is 14.8. The standard InChI is InChI=1S/C52H80N8O6/c1-11-36(6)43(49(63)56-31-41-19-15-16-23-55-41)21-20-38(35(4)5)27-44(53)40(25-34(2)3)28-47(61)46(29-42-30-54-33-57-42)59(10)50(64)45(26-37-17-13-12-14-18-37)58-48(62)39-22-24-60(32-39)51(65)66-52(7,8)9/h12-19,23,30,33-36,38-40,43-46H,11,20-22,24-29,31-32,53H2,1-10H3,(H,54,57)(H,56,63)(H,58,62)/t36?,38-,39?,40+,43-,44-,45-,46-/m0/s1. The van der Waals surface area contributed by atoms with Gasteiger partial charge in [0.05, 0.1) is 36.2 Å². The molecule has 2 aromatic heterocycles. The lowest BCUT2D eigenvalue weighted by molar-refractivity contribution is -0.142. The average molecular weight is 913 g/mol. The molecule has 0 spiro atoms. The van der Waals surface area contributed by atoms with Crippen LogP contribution in [0.3, 0.4) is 0 Å². The van der Waals surface area contributed by atoms with Crippen molar-refractivity contribution >= 4 is 29.6 Å². The zero-order valence-corrected chi connectivity index (χ0v) is 41.4. The van der Waals surface area contributed by atoms with Gasteiger partial charge in [0.1, 0.15) is 11.6 Å². The summed E-state index contributed by atoms with van der Waals surface area (Å²) in [7, 11) is 1.63. The molecule has 14 nitrogen and oxygen atoms in total. The number of ether oxygens (including phenoxy) is 1. The molecule has 1 aliphatic heterocycles. The van der Waals surface area contributed by atoms with E-state index in [-0.39, 0.29) is 79.0 Å². The van der Waals surface area contributed by atoms with Gasteiger partial charge in [0.2, 0.25) is 17.7 Å². The van der Waals surface area contributed by atoms with E-state index in [1.165, 1.54) is 9.80 Å². The number of nitrogens with zero attached hydrogens (tertiary/aromatic N) is 4. The van der Waals surface area contributed by atoms with Crippen LogP contribution in [0.4, 0.5) is 4.79 Å². The van der Waals surface area contributed by atoms with E-state index in [0.717, 1.165) is 36.9 Å². The number of hydrogen-bond acceptors (Lipinski definition) is 9. The van der Waals surface area contributed by atoms with Gasteiger partial charge in [0, 0.05) is 63.8 Å².